The molecule has 0 atom stereocenters. The maximum absolute atomic E-state index is 13.3. The quantitative estimate of drug-likeness (QED) is 0.507. The zero-order chi connectivity index (χ0) is 12.1. The van der Waals surface area contributed by atoms with Gasteiger partial charge in [0.2, 0.25) is 0 Å². The molecule has 0 heterocycles. The van der Waals surface area contributed by atoms with E-state index in [9.17, 15) is 13.6 Å². The second-order valence-corrected chi connectivity index (χ2v) is 3.83. The maximum atomic E-state index is 13.3. The van der Waals surface area contributed by atoms with Crippen LogP contribution >= 0.6 is 23.2 Å². The molecule has 0 aliphatic heterocycles. The van der Waals surface area contributed by atoms with Crippen LogP contribution in [0.3, 0.4) is 0 Å². The third-order valence-electron chi connectivity index (χ3n) is 1.85. The van der Waals surface area contributed by atoms with Crippen LogP contribution in [-0.4, -0.2) is 18.3 Å². The van der Waals surface area contributed by atoms with Crippen molar-refractivity contribution in [2.75, 3.05) is 12.4 Å². The van der Waals surface area contributed by atoms with E-state index in [-0.39, 0.29) is 10.6 Å². The molecule has 88 valence electrons. The van der Waals surface area contributed by atoms with E-state index in [1.54, 1.807) is 0 Å². The molecular formula is C10H9Cl2F2NO. The van der Waals surface area contributed by atoms with Gasteiger partial charge in [-0.15, -0.1) is 11.6 Å². The lowest BCUT2D eigenvalue weighted by molar-refractivity contribution is 0.0949. The average molecular weight is 268 g/mol. The van der Waals surface area contributed by atoms with Gasteiger partial charge >= 0.3 is 0 Å². The smallest absolute Gasteiger partial charge is 0.254 e. The second-order valence-electron chi connectivity index (χ2n) is 3.04. The lowest BCUT2D eigenvalue weighted by Crippen LogP contribution is -2.25. The summed E-state index contributed by atoms with van der Waals surface area (Å²) < 4.78 is 26.3. The van der Waals surface area contributed by atoms with Gasteiger partial charge in [0.1, 0.15) is 11.6 Å². The van der Waals surface area contributed by atoms with Gasteiger partial charge in [-0.05, 0) is 18.6 Å². The van der Waals surface area contributed by atoms with Gasteiger partial charge in [-0.25, -0.2) is 8.78 Å². The molecule has 6 heteroatoms. The molecule has 0 saturated carbocycles. The van der Waals surface area contributed by atoms with Gasteiger partial charge in [0.05, 0.1) is 10.6 Å². The molecule has 0 aliphatic carbocycles. The second kappa shape index (κ2) is 6.01. The van der Waals surface area contributed by atoms with Crippen molar-refractivity contribution in [2.24, 2.45) is 0 Å². The Morgan fingerprint density at radius 3 is 2.62 bits per heavy atom. The molecule has 2 nitrogen and oxygen atoms in total. The van der Waals surface area contributed by atoms with Gasteiger partial charge in [-0.3, -0.25) is 4.79 Å². The first kappa shape index (κ1) is 13.2. The SMILES string of the molecule is O=C(NCCCCl)c1cc(F)c(Cl)cc1F. The third-order valence-corrected chi connectivity index (χ3v) is 2.41. The largest absolute Gasteiger partial charge is 0.352 e. The van der Waals surface area contributed by atoms with Crippen LogP contribution in [0.15, 0.2) is 12.1 Å². The van der Waals surface area contributed by atoms with Gasteiger partial charge in [0.25, 0.3) is 5.91 Å². The summed E-state index contributed by atoms with van der Waals surface area (Å²) in [5.74, 6) is -1.98. The normalized spacial score (nSPS) is 10.2. The standard InChI is InChI=1S/C10H9Cl2F2NO/c11-2-1-3-15-10(16)6-4-9(14)7(12)5-8(6)13/h4-5H,1-3H2,(H,15,16). The monoisotopic (exact) mass is 267 g/mol. The molecule has 0 unspecified atom stereocenters. The number of amides is 1. The van der Waals surface area contributed by atoms with Crippen molar-refractivity contribution in [2.45, 2.75) is 6.42 Å². The van der Waals surface area contributed by atoms with E-state index < -0.39 is 17.5 Å². The van der Waals surface area contributed by atoms with E-state index in [2.05, 4.69) is 5.32 Å². The third kappa shape index (κ3) is 3.32. The summed E-state index contributed by atoms with van der Waals surface area (Å²) in [5.41, 5.74) is -0.364. The highest BCUT2D eigenvalue weighted by molar-refractivity contribution is 6.30. The van der Waals surface area contributed by atoms with Crippen LogP contribution in [0.2, 0.25) is 5.02 Å². The van der Waals surface area contributed by atoms with Crippen LogP contribution in [0.4, 0.5) is 8.78 Å². The van der Waals surface area contributed by atoms with Crippen molar-refractivity contribution in [3.05, 3.63) is 34.4 Å². The Bertz CT molecular complexity index is 399. The van der Waals surface area contributed by atoms with E-state index in [1.165, 1.54) is 0 Å². The van der Waals surface area contributed by atoms with Gasteiger partial charge in [0.15, 0.2) is 0 Å². The summed E-state index contributed by atoms with van der Waals surface area (Å²) in [6, 6.07) is 1.54. The Labute approximate surface area is 102 Å². The molecule has 1 amide bonds. The highest BCUT2D eigenvalue weighted by Gasteiger charge is 2.14. The van der Waals surface area contributed by atoms with Crippen LogP contribution in [-0.2, 0) is 0 Å². The van der Waals surface area contributed by atoms with Crippen LogP contribution in [0.25, 0.3) is 0 Å². The van der Waals surface area contributed by atoms with Crippen molar-refractivity contribution >= 4 is 29.1 Å². The van der Waals surface area contributed by atoms with Gasteiger partial charge < -0.3 is 5.32 Å². The van der Waals surface area contributed by atoms with Gasteiger partial charge in [-0.2, -0.15) is 0 Å². The summed E-state index contributed by atoms with van der Waals surface area (Å²) >= 11 is 10.8. The number of halogens is 4. The van der Waals surface area contributed by atoms with E-state index in [4.69, 9.17) is 23.2 Å². The number of alkyl halides is 1. The van der Waals surface area contributed by atoms with E-state index in [0.717, 1.165) is 12.1 Å². The van der Waals surface area contributed by atoms with Crippen molar-refractivity contribution in [1.29, 1.82) is 0 Å². The lowest BCUT2D eigenvalue weighted by Gasteiger charge is -2.05. The maximum Gasteiger partial charge on any atom is 0.254 e. The molecule has 0 aromatic heterocycles. The highest BCUT2D eigenvalue weighted by Crippen LogP contribution is 2.19. The Morgan fingerprint density at radius 2 is 2.00 bits per heavy atom. The average Bonchev–Trinajstić information content (AvgIpc) is 2.23. The predicted octanol–water partition coefficient (Wildman–Crippen LogP) is 2.98. The van der Waals surface area contributed by atoms with Gasteiger partial charge in [-0.1, -0.05) is 11.6 Å². The Hall–Kier alpha value is -0.870. The first-order valence-corrected chi connectivity index (χ1v) is 5.46. The van der Waals surface area contributed by atoms with Crippen molar-refractivity contribution in [3.8, 4) is 0 Å². The number of nitrogens with one attached hydrogen (secondary N) is 1. The van der Waals surface area contributed by atoms with Crippen molar-refractivity contribution in [1.82, 2.24) is 5.32 Å². The molecule has 0 radical (unpaired) electrons. The molecule has 1 aromatic carbocycles. The van der Waals surface area contributed by atoms with Crippen LogP contribution in [0, 0.1) is 11.6 Å². The molecule has 1 aromatic rings. The fourth-order valence-corrected chi connectivity index (χ4v) is 1.34. The molecule has 1 N–H and O–H groups in total. The minimum absolute atomic E-state index is 0.312. The van der Waals surface area contributed by atoms with E-state index >= 15 is 0 Å². The molecule has 0 aliphatic rings. The number of carbonyl (C=O) groups excluding carboxylic acids is 1. The topological polar surface area (TPSA) is 29.1 Å². The summed E-state index contributed by atoms with van der Waals surface area (Å²) in [4.78, 5) is 11.4. The number of benzene rings is 1. The van der Waals surface area contributed by atoms with Crippen LogP contribution in [0.1, 0.15) is 16.8 Å². The minimum atomic E-state index is -0.852. The highest BCUT2D eigenvalue weighted by atomic mass is 35.5. The minimum Gasteiger partial charge on any atom is -0.352 e. The van der Waals surface area contributed by atoms with Gasteiger partial charge in [0, 0.05) is 12.4 Å². The zero-order valence-corrected chi connectivity index (χ0v) is 9.71. The van der Waals surface area contributed by atoms with Crippen LogP contribution in [0.5, 0.6) is 0 Å². The first-order chi connectivity index (χ1) is 7.56. The first-order valence-electron chi connectivity index (χ1n) is 4.55. The molecule has 16 heavy (non-hydrogen) atoms. The molecule has 0 bridgehead atoms. The summed E-state index contributed by atoms with van der Waals surface area (Å²) in [7, 11) is 0. The molecule has 1 rings (SSSR count). The number of hydrogen-bond donors (Lipinski definition) is 1. The Kier molecular flexibility index (Phi) is 4.96. The molecule has 0 spiro atoms. The molecular weight excluding hydrogens is 259 g/mol. The number of rotatable bonds is 4. The predicted molar refractivity (Wildman–Crippen MR) is 59.0 cm³/mol. The Morgan fingerprint density at radius 1 is 1.31 bits per heavy atom. The zero-order valence-electron chi connectivity index (χ0n) is 8.20. The summed E-state index contributed by atoms with van der Waals surface area (Å²) in [5, 5.41) is 2.06. The summed E-state index contributed by atoms with van der Waals surface area (Å²) in [6.45, 7) is 0.312. The number of hydrogen-bond acceptors (Lipinski definition) is 1. The van der Waals surface area contributed by atoms with Crippen molar-refractivity contribution in [3.63, 3.8) is 0 Å². The summed E-state index contributed by atoms with van der Waals surface area (Å²) in [6.07, 6.45) is 0.561. The van der Waals surface area contributed by atoms with E-state index in [1.807, 2.05) is 0 Å². The fraction of sp³-hybridized carbons (Fsp3) is 0.300. The van der Waals surface area contributed by atoms with E-state index in [0.29, 0.717) is 18.8 Å². The molecule has 0 saturated heterocycles. The molecule has 0 fully saturated rings. The van der Waals surface area contributed by atoms with Crippen molar-refractivity contribution < 1.29 is 13.6 Å². The number of carbonyl (C=O) groups is 1. The lowest BCUT2D eigenvalue weighted by atomic mass is 10.2. The fourth-order valence-electron chi connectivity index (χ4n) is 1.06. The Balaban J connectivity index is 2.79. The van der Waals surface area contributed by atoms with Crippen LogP contribution < -0.4 is 5.32 Å².